The number of halogens is 2. The van der Waals surface area contributed by atoms with Crippen LogP contribution in [0.15, 0.2) is 36.4 Å². The average molecular weight is 336 g/mol. The Morgan fingerprint density at radius 2 is 1.82 bits per heavy atom. The summed E-state index contributed by atoms with van der Waals surface area (Å²) in [7, 11) is 0. The summed E-state index contributed by atoms with van der Waals surface area (Å²) in [4.78, 5) is 11.0. The second-order valence-corrected chi connectivity index (χ2v) is 6.25. The van der Waals surface area contributed by atoms with Crippen molar-refractivity contribution in [3.63, 3.8) is 0 Å². The topological polar surface area (TPSA) is 49.3 Å². The van der Waals surface area contributed by atoms with E-state index in [1.807, 2.05) is 18.2 Å². The van der Waals surface area contributed by atoms with E-state index in [-0.39, 0.29) is 6.04 Å². The number of carbonyl (C=O) groups is 1. The van der Waals surface area contributed by atoms with E-state index < -0.39 is 6.09 Å². The second-order valence-electron chi connectivity index (χ2n) is 5.44. The molecule has 114 valence electrons. The molecule has 1 unspecified atom stereocenters. The first-order valence-corrected chi connectivity index (χ1v) is 7.88. The Kier molecular flexibility index (Phi) is 4.27. The van der Waals surface area contributed by atoms with Crippen molar-refractivity contribution in [3.8, 4) is 11.1 Å². The molecule has 1 aliphatic carbocycles. The number of aryl methyl sites for hydroxylation is 1. The summed E-state index contributed by atoms with van der Waals surface area (Å²) in [6.07, 6.45) is 1.81. The molecule has 0 saturated carbocycles. The molecule has 1 atom stereocenters. The van der Waals surface area contributed by atoms with Gasteiger partial charge >= 0.3 is 6.09 Å². The summed E-state index contributed by atoms with van der Waals surface area (Å²) in [6.45, 7) is 0. The number of rotatable bonds is 2. The van der Waals surface area contributed by atoms with Crippen molar-refractivity contribution in [1.82, 2.24) is 5.32 Å². The first kappa shape index (κ1) is 15.2. The van der Waals surface area contributed by atoms with Crippen LogP contribution in [0.2, 0.25) is 10.0 Å². The van der Waals surface area contributed by atoms with E-state index in [9.17, 15) is 4.79 Å². The van der Waals surface area contributed by atoms with Gasteiger partial charge in [0.1, 0.15) is 0 Å². The smallest absolute Gasteiger partial charge is 0.405 e. The SMILES string of the molecule is O=C(O)NC1CCCc2ccc(-c3ccc(Cl)c(Cl)c3)cc21. The summed E-state index contributed by atoms with van der Waals surface area (Å²) >= 11 is 12.0. The van der Waals surface area contributed by atoms with E-state index in [0.717, 1.165) is 36.0 Å². The van der Waals surface area contributed by atoms with Gasteiger partial charge in [-0.15, -0.1) is 0 Å². The normalized spacial score (nSPS) is 16.9. The molecule has 2 N–H and O–H groups in total. The molecular formula is C17H15Cl2NO2. The number of carboxylic acid groups (broad SMARTS) is 1. The summed E-state index contributed by atoms with van der Waals surface area (Å²) in [5.41, 5.74) is 4.24. The first-order chi connectivity index (χ1) is 10.5. The van der Waals surface area contributed by atoms with Crippen molar-refractivity contribution >= 4 is 29.3 Å². The summed E-state index contributed by atoms with van der Waals surface area (Å²) in [5, 5.41) is 12.6. The van der Waals surface area contributed by atoms with Crippen molar-refractivity contribution in [1.29, 1.82) is 0 Å². The van der Waals surface area contributed by atoms with Crippen molar-refractivity contribution in [2.45, 2.75) is 25.3 Å². The second kappa shape index (κ2) is 6.19. The average Bonchev–Trinajstić information content (AvgIpc) is 2.49. The van der Waals surface area contributed by atoms with Crippen LogP contribution in [-0.4, -0.2) is 11.2 Å². The van der Waals surface area contributed by atoms with E-state index in [0.29, 0.717) is 10.0 Å². The molecule has 0 bridgehead atoms. The maximum Gasteiger partial charge on any atom is 0.405 e. The molecule has 1 amide bonds. The maximum atomic E-state index is 11.0. The van der Waals surface area contributed by atoms with E-state index >= 15 is 0 Å². The van der Waals surface area contributed by atoms with Crippen molar-refractivity contribution in [3.05, 3.63) is 57.6 Å². The molecule has 1 aliphatic rings. The van der Waals surface area contributed by atoms with E-state index in [1.165, 1.54) is 5.56 Å². The zero-order valence-electron chi connectivity index (χ0n) is 11.8. The molecule has 5 heteroatoms. The zero-order valence-corrected chi connectivity index (χ0v) is 13.3. The lowest BCUT2D eigenvalue weighted by Crippen LogP contribution is -2.29. The number of hydrogen-bond acceptors (Lipinski definition) is 1. The molecule has 0 aromatic heterocycles. The summed E-state index contributed by atoms with van der Waals surface area (Å²) in [5.74, 6) is 0. The third kappa shape index (κ3) is 3.06. The molecule has 2 aromatic carbocycles. The van der Waals surface area contributed by atoms with Gasteiger partial charge in [-0.2, -0.15) is 0 Å². The molecule has 0 fully saturated rings. The zero-order chi connectivity index (χ0) is 15.7. The van der Waals surface area contributed by atoms with Crippen LogP contribution >= 0.6 is 23.2 Å². The van der Waals surface area contributed by atoms with Crippen LogP contribution in [0.4, 0.5) is 4.79 Å². The quantitative estimate of drug-likeness (QED) is 0.781. The van der Waals surface area contributed by atoms with Gasteiger partial charge in [0.15, 0.2) is 0 Å². The number of fused-ring (bicyclic) bond motifs is 1. The van der Waals surface area contributed by atoms with Crippen molar-refractivity contribution in [2.24, 2.45) is 0 Å². The molecule has 0 heterocycles. The molecule has 0 aliphatic heterocycles. The fourth-order valence-electron chi connectivity index (χ4n) is 2.95. The fourth-order valence-corrected chi connectivity index (χ4v) is 3.25. The molecule has 0 radical (unpaired) electrons. The lowest BCUT2D eigenvalue weighted by atomic mass is 9.85. The van der Waals surface area contributed by atoms with Gasteiger partial charge < -0.3 is 10.4 Å². The van der Waals surface area contributed by atoms with Gasteiger partial charge in [-0.05, 0) is 59.7 Å². The highest BCUT2D eigenvalue weighted by atomic mass is 35.5. The Bertz CT molecular complexity index is 731. The van der Waals surface area contributed by atoms with Crippen LogP contribution in [0.3, 0.4) is 0 Å². The van der Waals surface area contributed by atoms with Crippen molar-refractivity contribution in [2.75, 3.05) is 0 Å². The van der Waals surface area contributed by atoms with Crippen LogP contribution in [0.25, 0.3) is 11.1 Å². The van der Waals surface area contributed by atoms with Crippen LogP contribution in [0.5, 0.6) is 0 Å². The standard InChI is InChI=1S/C17H15Cl2NO2/c18-14-7-6-12(9-15(14)19)11-5-4-10-2-1-3-16(13(10)8-11)20-17(21)22/h4-9,16,20H,1-3H2,(H,21,22). The van der Waals surface area contributed by atoms with Gasteiger partial charge in [0.05, 0.1) is 16.1 Å². The van der Waals surface area contributed by atoms with E-state index in [1.54, 1.807) is 6.07 Å². The highest BCUT2D eigenvalue weighted by molar-refractivity contribution is 6.42. The minimum atomic E-state index is -0.988. The molecule has 0 spiro atoms. The molecular weight excluding hydrogens is 321 g/mol. The van der Waals surface area contributed by atoms with Crippen molar-refractivity contribution < 1.29 is 9.90 Å². The van der Waals surface area contributed by atoms with Gasteiger partial charge in [-0.1, -0.05) is 41.4 Å². The van der Waals surface area contributed by atoms with Crippen LogP contribution in [0.1, 0.15) is 30.0 Å². The third-order valence-corrected chi connectivity index (χ3v) is 4.75. The van der Waals surface area contributed by atoms with Gasteiger partial charge in [-0.25, -0.2) is 4.79 Å². The number of hydrogen-bond donors (Lipinski definition) is 2. The minimum Gasteiger partial charge on any atom is -0.465 e. The van der Waals surface area contributed by atoms with Gasteiger partial charge in [-0.3, -0.25) is 0 Å². The van der Waals surface area contributed by atoms with Crippen LogP contribution in [0, 0.1) is 0 Å². The fraction of sp³-hybridized carbons (Fsp3) is 0.235. The molecule has 0 saturated heterocycles. The molecule has 3 rings (SSSR count). The number of nitrogens with one attached hydrogen (secondary N) is 1. The molecule has 2 aromatic rings. The highest BCUT2D eigenvalue weighted by Gasteiger charge is 2.22. The number of benzene rings is 2. The first-order valence-electron chi connectivity index (χ1n) is 7.12. The monoisotopic (exact) mass is 335 g/mol. The molecule has 22 heavy (non-hydrogen) atoms. The Morgan fingerprint density at radius 1 is 1.09 bits per heavy atom. The highest BCUT2D eigenvalue weighted by Crippen LogP contribution is 2.35. The third-order valence-electron chi connectivity index (χ3n) is 4.01. The van der Waals surface area contributed by atoms with Gasteiger partial charge in [0, 0.05) is 0 Å². The van der Waals surface area contributed by atoms with Crippen LogP contribution in [-0.2, 0) is 6.42 Å². The van der Waals surface area contributed by atoms with Gasteiger partial charge in [0.25, 0.3) is 0 Å². The summed E-state index contributed by atoms with van der Waals surface area (Å²) in [6, 6.07) is 11.5. The van der Waals surface area contributed by atoms with E-state index in [2.05, 4.69) is 17.4 Å². The van der Waals surface area contributed by atoms with Crippen LogP contribution < -0.4 is 5.32 Å². The maximum absolute atomic E-state index is 11.0. The Hall–Kier alpha value is -1.71. The Morgan fingerprint density at radius 3 is 2.55 bits per heavy atom. The largest absolute Gasteiger partial charge is 0.465 e. The van der Waals surface area contributed by atoms with Gasteiger partial charge in [0.2, 0.25) is 0 Å². The lowest BCUT2D eigenvalue weighted by Gasteiger charge is -2.26. The predicted octanol–water partition coefficient (Wildman–Crippen LogP) is 5.31. The minimum absolute atomic E-state index is 0.149. The molecule has 3 nitrogen and oxygen atoms in total. The lowest BCUT2D eigenvalue weighted by molar-refractivity contribution is 0.188. The Balaban J connectivity index is 2.01. The Labute approximate surface area is 138 Å². The summed E-state index contributed by atoms with van der Waals surface area (Å²) < 4.78 is 0. The predicted molar refractivity (Wildman–Crippen MR) is 88.7 cm³/mol. The number of amides is 1. The van der Waals surface area contributed by atoms with E-state index in [4.69, 9.17) is 28.3 Å².